The van der Waals surface area contributed by atoms with Crippen LogP contribution in [-0.2, 0) is 6.54 Å². The molecule has 128 valence electrons. The number of hydrogen-bond acceptors (Lipinski definition) is 2. The Morgan fingerprint density at radius 2 is 1.70 bits per heavy atom. The minimum Gasteiger partial charge on any atom is -0.358 e. The number of nitrogens with zero attached hydrogens (tertiary/aromatic N) is 2. The Bertz CT molecular complexity index is 621. The maximum Gasteiger partial charge on any atom is 0.171 e. The molecule has 0 fully saturated rings. The van der Waals surface area contributed by atoms with Crippen molar-refractivity contribution in [3.63, 3.8) is 0 Å². The molecular weight excluding hydrogens is 298 g/mol. The molecule has 0 saturated heterocycles. The molecule has 0 aliphatic carbocycles. The summed E-state index contributed by atoms with van der Waals surface area (Å²) in [5.74, 6) is 0. The van der Waals surface area contributed by atoms with E-state index in [9.17, 15) is 0 Å². The molecule has 0 aliphatic heterocycles. The maximum absolute atomic E-state index is 4.79. The second kappa shape index (κ2) is 7.18. The lowest BCUT2D eigenvalue weighted by Gasteiger charge is -2.44. The molecular formula is C19H33N3Si. The van der Waals surface area contributed by atoms with Crippen LogP contribution in [0.1, 0.15) is 54.0 Å². The summed E-state index contributed by atoms with van der Waals surface area (Å²) in [7, 11) is -1.76. The fourth-order valence-corrected chi connectivity index (χ4v) is 11.2. The third-order valence-electron chi connectivity index (χ3n) is 5.40. The van der Waals surface area contributed by atoms with Gasteiger partial charge in [-0.1, -0.05) is 48.5 Å². The summed E-state index contributed by atoms with van der Waals surface area (Å²) in [6.45, 7) is 18.5. The van der Waals surface area contributed by atoms with Crippen molar-refractivity contribution in [2.45, 2.75) is 71.6 Å². The molecule has 4 heteroatoms. The number of pyridine rings is 1. The SMILES string of the molecule is CCNCc1cn([Si](C(C)C)(C(C)C)C(C)C)c2ncccc12. The molecule has 0 radical (unpaired) electrons. The Balaban J connectivity index is 2.73. The van der Waals surface area contributed by atoms with Gasteiger partial charge < -0.3 is 9.55 Å². The van der Waals surface area contributed by atoms with Crippen LogP contribution in [0.3, 0.4) is 0 Å². The summed E-state index contributed by atoms with van der Waals surface area (Å²) in [5.41, 5.74) is 4.59. The van der Waals surface area contributed by atoms with Gasteiger partial charge in [0.2, 0.25) is 0 Å². The molecule has 3 nitrogen and oxygen atoms in total. The quantitative estimate of drug-likeness (QED) is 0.709. The molecule has 2 aromatic rings. The summed E-state index contributed by atoms with van der Waals surface area (Å²) < 4.78 is 2.62. The van der Waals surface area contributed by atoms with Crippen molar-refractivity contribution in [1.82, 2.24) is 14.5 Å². The van der Waals surface area contributed by atoms with E-state index in [2.05, 4.69) is 76.3 Å². The standard InChI is InChI=1S/C19H33N3Si/c1-8-20-12-17-13-22(19-18(17)10-9-11-21-19)23(14(2)3,15(4)5)16(6)7/h9-11,13-16,20H,8,12H2,1-7H3. The fourth-order valence-electron chi connectivity index (χ4n) is 4.66. The van der Waals surface area contributed by atoms with Gasteiger partial charge in [0, 0.05) is 24.3 Å². The van der Waals surface area contributed by atoms with Crippen molar-refractivity contribution < 1.29 is 0 Å². The first-order valence-corrected chi connectivity index (χ1v) is 11.2. The highest BCUT2D eigenvalue weighted by molar-refractivity contribution is 6.82. The first kappa shape index (κ1) is 18.2. The van der Waals surface area contributed by atoms with Gasteiger partial charge >= 0.3 is 0 Å². The van der Waals surface area contributed by atoms with Crippen LogP contribution in [0.4, 0.5) is 0 Å². The van der Waals surface area contributed by atoms with Gasteiger partial charge in [-0.25, -0.2) is 4.98 Å². The molecule has 0 amide bonds. The third-order valence-corrected chi connectivity index (χ3v) is 12.1. The summed E-state index contributed by atoms with van der Waals surface area (Å²) >= 11 is 0. The molecule has 0 unspecified atom stereocenters. The van der Waals surface area contributed by atoms with E-state index in [0.717, 1.165) is 13.1 Å². The Labute approximate surface area is 142 Å². The monoisotopic (exact) mass is 331 g/mol. The summed E-state index contributed by atoms with van der Waals surface area (Å²) in [6.07, 6.45) is 4.35. The highest BCUT2D eigenvalue weighted by atomic mass is 28.3. The van der Waals surface area contributed by atoms with Crippen LogP contribution in [0.5, 0.6) is 0 Å². The molecule has 2 heterocycles. The minimum absolute atomic E-state index is 0.673. The Hall–Kier alpha value is -1.13. The minimum atomic E-state index is -1.76. The number of fused-ring (bicyclic) bond motifs is 1. The smallest absolute Gasteiger partial charge is 0.171 e. The molecule has 2 aromatic heterocycles. The maximum atomic E-state index is 4.79. The van der Waals surface area contributed by atoms with Gasteiger partial charge in [-0.3, -0.25) is 0 Å². The highest BCUT2D eigenvalue weighted by Gasteiger charge is 2.46. The van der Waals surface area contributed by atoms with E-state index in [-0.39, 0.29) is 0 Å². The molecule has 0 atom stereocenters. The van der Waals surface area contributed by atoms with Crippen LogP contribution in [0.15, 0.2) is 24.5 Å². The Morgan fingerprint density at radius 3 is 2.22 bits per heavy atom. The largest absolute Gasteiger partial charge is 0.358 e. The lowest BCUT2D eigenvalue weighted by Crippen LogP contribution is -2.51. The van der Waals surface area contributed by atoms with Crippen molar-refractivity contribution in [3.8, 4) is 0 Å². The average molecular weight is 332 g/mol. The molecule has 23 heavy (non-hydrogen) atoms. The van der Waals surface area contributed by atoms with Crippen LogP contribution >= 0.6 is 0 Å². The van der Waals surface area contributed by atoms with Crippen LogP contribution in [-0.4, -0.2) is 24.0 Å². The van der Waals surface area contributed by atoms with E-state index in [1.165, 1.54) is 16.6 Å². The van der Waals surface area contributed by atoms with Crippen LogP contribution in [0.25, 0.3) is 11.0 Å². The van der Waals surface area contributed by atoms with Crippen molar-refractivity contribution in [2.24, 2.45) is 0 Å². The van der Waals surface area contributed by atoms with Crippen molar-refractivity contribution in [1.29, 1.82) is 0 Å². The van der Waals surface area contributed by atoms with Gasteiger partial charge in [0.15, 0.2) is 8.24 Å². The van der Waals surface area contributed by atoms with Gasteiger partial charge in [0.1, 0.15) is 5.65 Å². The van der Waals surface area contributed by atoms with Gasteiger partial charge in [-0.15, -0.1) is 0 Å². The Kier molecular flexibility index (Phi) is 5.68. The summed E-state index contributed by atoms with van der Waals surface area (Å²) in [6, 6.07) is 4.29. The van der Waals surface area contributed by atoms with Crippen molar-refractivity contribution in [3.05, 3.63) is 30.1 Å². The van der Waals surface area contributed by atoms with E-state index in [0.29, 0.717) is 16.6 Å². The van der Waals surface area contributed by atoms with Crippen LogP contribution in [0, 0.1) is 0 Å². The van der Waals surface area contributed by atoms with E-state index < -0.39 is 8.24 Å². The lowest BCUT2D eigenvalue weighted by atomic mass is 10.2. The number of aromatic nitrogens is 2. The second-order valence-electron chi connectivity index (χ2n) is 7.53. The number of nitrogens with one attached hydrogen (secondary N) is 1. The Morgan fingerprint density at radius 1 is 1.09 bits per heavy atom. The van der Waals surface area contributed by atoms with Crippen LogP contribution in [0.2, 0.25) is 16.6 Å². The zero-order valence-corrected chi connectivity index (χ0v) is 16.9. The molecule has 0 spiro atoms. The zero-order valence-electron chi connectivity index (χ0n) is 15.9. The van der Waals surface area contributed by atoms with E-state index in [1.54, 1.807) is 0 Å². The predicted molar refractivity (Wildman–Crippen MR) is 104 cm³/mol. The third kappa shape index (κ3) is 2.99. The predicted octanol–water partition coefficient (Wildman–Crippen LogP) is 5.17. The molecule has 1 N–H and O–H groups in total. The van der Waals surface area contributed by atoms with Crippen molar-refractivity contribution in [2.75, 3.05) is 6.54 Å². The topological polar surface area (TPSA) is 29.9 Å². The number of rotatable bonds is 7. The van der Waals surface area contributed by atoms with Gasteiger partial charge in [0.05, 0.1) is 0 Å². The zero-order chi connectivity index (χ0) is 17.2. The average Bonchev–Trinajstić information content (AvgIpc) is 2.84. The first-order chi connectivity index (χ1) is 10.9. The van der Waals surface area contributed by atoms with Crippen molar-refractivity contribution >= 4 is 19.3 Å². The summed E-state index contributed by atoms with van der Waals surface area (Å²) in [4.78, 5) is 4.79. The molecule has 0 bridgehead atoms. The van der Waals surface area contributed by atoms with E-state index >= 15 is 0 Å². The van der Waals surface area contributed by atoms with Gasteiger partial charge in [-0.2, -0.15) is 0 Å². The fraction of sp³-hybridized carbons (Fsp3) is 0.632. The molecule has 0 saturated carbocycles. The van der Waals surface area contributed by atoms with Gasteiger partial charge in [0.25, 0.3) is 0 Å². The van der Waals surface area contributed by atoms with E-state index in [4.69, 9.17) is 4.98 Å². The summed E-state index contributed by atoms with van der Waals surface area (Å²) in [5, 5.41) is 4.80. The lowest BCUT2D eigenvalue weighted by molar-refractivity contribution is 0.726. The normalized spacial score (nSPS) is 13.0. The molecule has 0 aromatic carbocycles. The second-order valence-corrected chi connectivity index (χ2v) is 13.3. The first-order valence-electron chi connectivity index (χ1n) is 9.03. The van der Waals surface area contributed by atoms with E-state index in [1.807, 2.05) is 6.20 Å². The number of hydrogen-bond donors (Lipinski definition) is 1. The van der Waals surface area contributed by atoms with Crippen LogP contribution < -0.4 is 5.32 Å². The molecule has 2 rings (SSSR count). The molecule has 0 aliphatic rings. The van der Waals surface area contributed by atoms with Gasteiger partial charge in [-0.05, 0) is 40.9 Å². The highest BCUT2D eigenvalue weighted by Crippen LogP contribution is 2.44.